The maximum Gasteiger partial charge on any atom is 0.317 e. The molecule has 5 heteroatoms. The lowest BCUT2D eigenvalue weighted by Gasteiger charge is -2.32. The van der Waals surface area contributed by atoms with Crippen molar-refractivity contribution in [1.29, 1.82) is 0 Å². The van der Waals surface area contributed by atoms with Crippen LogP contribution < -0.4 is 5.73 Å². The van der Waals surface area contributed by atoms with Gasteiger partial charge in [0.1, 0.15) is 11.2 Å². The minimum Gasteiger partial charge on any atom is -0.468 e. The fraction of sp³-hybridized carbons (Fsp3) is 0.500. The third-order valence-corrected chi connectivity index (χ3v) is 3.33. The Morgan fingerprint density at radius 3 is 2.47 bits per heavy atom. The molecule has 0 aromatic heterocycles. The van der Waals surface area contributed by atoms with Crippen molar-refractivity contribution in [3.8, 4) is 0 Å². The van der Waals surface area contributed by atoms with E-state index in [9.17, 15) is 14.3 Å². The molecule has 0 spiro atoms. The molecule has 0 radical (unpaired) electrons. The number of carbonyl (C=O) groups is 1. The van der Waals surface area contributed by atoms with Crippen molar-refractivity contribution in [2.24, 2.45) is 11.7 Å². The van der Waals surface area contributed by atoms with Gasteiger partial charge in [0, 0.05) is 13.2 Å². The van der Waals surface area contributed by atoms with E-state index in [2.05, 4.69) is 0 Å². The topological polar surface area (TPSA) is 72.5 Å². The fourth-order valence-electron chi connectivity index (χ4n) is 2.23. The molecule has 2 atom stereocenters. The lowest BCUT2D eigenvalue weighted by Crippen LogP contribution is -2.45. The number of rotatable bonds is 6. The highest BCUT2D eigenvalue weighted by Crippen LogP contribution is 2.32. The number of benzene rings is 1. The van der Waals surface area contributed by atoms with Crippen LogP contribution in [0.25, 0.3) is 0 Å². The number of nitrogens with two attached hydrogens (primary N) is 1. The molecule has 0 amide bonds. The summed E-state index contributed by atoms with van der Waals surface area (Å²) in [5.41, 5.74) is 5.33. The molecule has 0 saturated carbocycles. The largest absolute Gasteiger partial charge is 0.468 e. The van der Waals surface area contributed by atoms with Gasteiger partial charge in [-0.15, -0.1) is 0 Å². The normalized spacial score (nSPS) is 15.6. The number of carbonyl (C=O) groups excluding carboxylic acids is 1. The molecule has 19 heavy (non-hydrogen) atoms. The smallest absolute Gasteiger partial charge is 0.317 e. The predicted molar refractivity (Wildman–Crippen MR) is 70.0 cm³/mol. The highest BCUT2D eigenvalue weighted by Gasteiger charge is 2.41. The molecule has 1 aromatic carbocycles. The summed E-state index contributed by atoms with van der Waals surface area (Å²) in [5, 5.41) is 9.19. The molecule has 106 valence electrons. The number of esters is 1. The first-order chi connectivity index (χ1) is 9.00. The summed E-state index contributed by atoms with van der Waals surface area (Å²) in [6.45, 7) is 1.80. The summed E-state index contributed by atoms with van der Waals surface area (Å²) in [6.07, 6.45) is 0.346. The van der Waals surface area contributed by atoms with Crippen LogP contribution in [-0.4, -0.2) is 31.3 Å². The van der Waals surface area contributed by atoms with Gasteiger partial charge in [-0.3, -0.25) is 4.79 Å². The first-order valence-electron chi connectivity index (χ1n) is 6.15. The van der Waals surface area contributed by atoms with E-state index in [0.29, 0.717) is 12.0 Å². The quantitative estimate of drug-likeness (QED) is 0.761. The van der Waals surface area contributed by atoms with E-state index in [1.807, 2.05) is 6.92 Å². The van der Waals surface area contributed by atoms with Crippen molar-refractivity contribution in [3.05, 3.63) is 35.6 Å². The fourth-order valence-corrected chi connectivity index (χ4v) is 2.23. The molecule has 0 bridgehead atoms. The molecule has 1 aromatic rings. The van der Waals surface area contributed by atoms with Crippen LogP contribution in [0.15, 0.2) is 24.3 Å². The van der Waals surface area contributed by atoms with Crippen LogP contribution >= 0.6 is 0 Å². The number of hydrogen-bond acceptors (Lipinski definition) is 4. The Balaban J connectivity index is 3.23. The number of ether oxygens (including phenoxy) is 1. The van der Waals surface area contributed by atoms with Gasteiger partial charge in [0.15, 0.2) is 0 Å². The van der Waals surface area contributed by atoms with Crippen LogP contribution in [0.5, 0.6) is 0 Å². The summed E-state index contributed by atoms with van der Waals surface area (Å²) in [6, 6.07) is 5.63. The number of halogens is 1. The monoisotopic (exact) mass is 269 g/mol. The van der Waals surface area contributed by atoms with E-state index in [4.69, 9.17) is 10.5 Å². The zero-order valence-electron chi connectivity index (χ0n) is 11.2. The molecule has 0 aliphatic carbocycles. The number of hydrogen-bond donors (Lipinski definition) is 2. The highest BCUT2D eigenvalue weighted by atomic mass is 19.1. The van der Waals surface area contributed by atoms with Gasteiger partial charge in [0.2, 0.25) is 0 Å². The van der Waals surface area contributed by atoms with E-state index in [1.54, 1.807) is 0 Å². The molecule has 2 unspecified atom stereocenters. The van der Waals surface area contributed by atoms with Crippen molar-refractivity contribution >= 4 is 5.97 Å². The van der Waals surface area contributed by atoms with E-state index in [0.717, 1.165) is 0 Å². The van der Waals surface area contributed by atoms with Crippen molar-refractivity contribution in [1.82, 2.24) is 0 Å². The maximum atomic E-state index is 13.0. The molecule has 0 saturated heterocycles. The minimum atomic E-state index is -1.05. The Morgan fingerprint density at radius 2 is 2.05 bits per heavy atom. The van der Waals surface area contributed by atoms with Crippen LogP contribution in [0, 0.1) is 11.7 Å². The predicted octanol–water partition coefficient (Wildman–Crippen LogP) is 1.21. The van der Waals surface area contributed by atoms with E-state index < -0.39 is 11.4 Å². The first-order valence-corrected chi connectivity index (χ1v) is 6.15. The van der Waals surface area contributed by atoms with Gasteiger partial charge >= 0.3 is 5.97 Å². The second-order valence-corrected chi connectivity index (χ2v) is 4.78. The Hall–Kier alpha value is -1.46. The molecular formula is C14H20FNO3. The zero-order valence-corrected chi connectivity index (χ0v) is 11.2. The van der Waals surface area contributed by atoms with Gasteiger partial charge < -0.3 is 15.6 Å². The minimum absolute atomic E-state index is 0.0373. The lowest BCUT2D eigenvalue weighted by molar-refractivity contribution is -0.148. The van der Waals surface area contributed by atoms with E-state index >= 15 is 0 Å². The molecular weight excluding hydrogens is 249 g/mol. The highest BCUT2D eigenvalue weighted by molar-refractivity contribution is 5.83. The molecule has 0 aliphatic heterocycles. The second kappa shape index (κ2) is 6.63. The van der Waals surface area contributed by atoms with Gasteiger partial charge in [0.25, 0.3) is 0 Å². The zero-order chi connectivity index (χ0) is 14.5. The van der Waals surface area contributed by atoms with Crippen molar-refractivity contribution in [3.63, 3.8) is 0 Å². The van der Waals surface area contributed by atoms with Gasteiger partial charge in [-0.05, 0) is 30.0 Å². The summed E-state index contributed by atoms with van der Waals surface area (Å²) >= 11 is 0. The Labute approximate surface area is 112 Å². The Kier molecular flexibility index (Phi) is 5.44. The van der Waals surface area contributed by atoms with Crippen LogP contribution in [0.3, 0.4) is 0 Å². The number of aliphatic hydroxyl groups excluding tert-OH is 1. The summed E-state index contributed by atoms with van der Waals surface area (Å²) in [7, 11) is 1.29. The van der Waals surface area contributed by atoms with Crippen LogP contribution in [0.4, 0.5) is 4.39 Å². The molecule has 0 heterocycles. The maximum absolute atomic E-state index is 13.0. The van der Waals surface area contributed by atoms with E-state index in [1.165, 1.54) is 31.4 Å². The van der Waals surface area contributed by atoms with Crippen molar-refractivity contribution in [2.45, 2.75) is 18.8 Å². The molecule has 0 aliphatic rings. The molecule has 4 nitrogen and oxygen atoms in total. The summed E-state index contributed by atoms with van der Waals surface area (Å²) in [5.74, 6) is -0.968. The average molecular weight is 269 g/mol. The average Bonchev–Trinajstić information content (AvgIpc) is 2.44. The van der Waals surface area contributed by atoms with Gasteiger partial charge in [-0.25, -0.2) is 4.39 Å². The molecule has 1 rings (SSSR count). The molecule has 3 N–H and O–H groups in total. The van der Waals surface area contributed by atoms with Crippen molar-refractivity contribution < 1.29 is 19.0 Å². The standard InChI is InChI=1S/C14H20FNO3/c1-10(8-17)7-14(9-16,13(18)19-2)11-3-5-12(15)6-4-11/h3-6,10,17H,7-9,16H2,1-2H3. The third kappa shape index (κ3) is 3.30. The SMILES string of the molecule is COC(=O)C(CN)(CC(C)CO)c1ccc(F)cc1. The summed E-state index contributed by atoms with van der Waals surface area (Å²) in [4.78, 5) is 12.1. The first kappa shape index (κ1) is 15.6. The van der Waals surface area contributed by atoms with Crippen LogP contribution in [0.2, 0.25) is 0 Å². The Morgan fingerprint density at radius 1 is 1.47 bits per heavy atom. The van der Waals surface area contributed by atoms with Crippen LogP contribution in [-0.2, 0) is 14.9 Å². The van der Waals surface area contributed by atoms with Gasteiger partial charge in [-0.2, -0.15) is 0 Å². The molecule has 0 fully saturated rings. The third-order valence-electron chi connectivity index (χ3n) is 3.33. The Bertz CT molecular complexity index is 421. The van der Waals surface area contributed by atoms with Crippen LogP contribution in [0.1, 0.15) is 18.9 Å². The van der Waals surface area contributed by atoms with E-state index in [-0.39, 0.29) is 24.9 Å². The number of methoxy groups -OCH3 is 1. The van der Waals surface area contributed by atoms with Crippen molar-refractivity contribution in [2.75, 3.05) is 20.3 Å². The number of aliphatic hydroxyl groups is 1. The lowest BCUT2D eigenvalue weighted by atomic mass is 9.74. The second-order valence-electron chi connectivity index (χ2n) is 4.78. The summed E-state index contributed by atoms with van der Waals surface area (Å²) < 4.78 is 17.8. The van der Waals surface area contributed by atoms with Gasteiger partial charge in [0.05, 0.1) is 7.11 Å². The van der Waals surface area contributed by atoms with Gasteiger partial charge in [-0.1, -0.05) is 19.1 Å².